The molecule has 2 aromatic carbocycles. The number of carbonyl (C=O) groups excluding carboxylic acids is 3. The van der Waals surface area contributed by atoms with Crippen LogP contribution in [0.2, 0.25) is 0 Å². The first-order valence-corrected chi connectivity index (χ1v) is 8.31. The minimum Gasteiger partial charge on any atom is -0.465 e. The Balaban J connectivity index is 1.66. The highest BCUT2D eigenvalue weighted by Gasteiger charge is 2.12. The zero-order chi connectivity index (χ0) is 20.1. The van der Waals surface area contributed by atoms with Crippen LogP contribution in [-0.2, 0) is 4.74 Å². The number of aromatic nitrogens is 1. The van der Waals surface area contributed by atoms with Crippen LogP contribution < -0.4 is 10.6 Å². The standard InChI is InChI=1S/C20H17N3O5/c1-12-10-17(23-28-12)22-19(25)14-8-6-13(7-9-14)18(24)21-16-5-3-4-15(11-16)20(26)27-2/h3-11H,1-2H3,(H,21,24)(H,22,23,25). The first-order valence-electron chi connectivity index (χ1n) is 8.31. The summed E-state index contributed by atoms with van der Waals surface area (Å²) < 4.78 is 9.55. The molecule has 0 radical (unpaired) electrons. The summed E-state index contributed by atoms with van der Waals surface area (Å²) in [5.74, 6) is -0.339. The molecule has 1 heterocycles. The summed E-state index contributed by atoms with van der Waals surface area (Å²) in [7, 11) is 1.29. The summed E-state index contributed by atoms with van der Waals surface area (Å²) in [6.07, 6.45) is 0. The maximum absolute atomic E-state index is 12.4. The summed E-state index contributed by atoms with van der Waals surface area (Å²) in [4.78, 5) is 36.1. The predicted molar refractivity (Wildman–Crippen MR) is 101 cm³/mol. The van der Waals surface area contributed by atoms with Crippen LogP contribution >= 0.6 is 0 Å². The van der Waals surface area contributed by atoms with Crippen molar-refractivity contribution in [1.29, 1.82) is 0 Å². The van der Waals surface area contributed by atoms with E-state index in [-0.39, 0.29) is 11.8 Å². The van der Waals surface area contributed by atoms with Crippen molar-refractivity contribution in [2.45, 2.75) is 6.92 Å². The molecular weight excluding hydrogens is 362 g/mol. The molecule has 8 nitrogen and oxygen atoms in total. The largest absolute Gasteiger partial charge is 0.465 e. The van der Waals surface area contributed by atoms with Crippen LogP contribution in [0.4, 0.5) is 11.5 Å². The topological polar surface area (TPSA) is 111 Å². The molecule has 28 heavy (non-hydrogen) atoms. The minimum absolute atomic E-state index is 0.315. The van der Waals surface area contributed by atoms with Crippen molar-refractivity contribution in [3.8, 4) is 0 Å². The summed E-state index contributed by atoms with van der Waals surface area (Å²) >= 11 is 0. The highest BCUT2D eigenvalue weighted by molar-refractivity contribution is 6.07. The van der Waals surface area contributed by atoms with Gasteiger partial charge in [-0.3, -0.25) is 9.59 Å². The van der Waals surface area contributed by atoms with E-state index in [2.05, 4.69) is 20.5 Å². The molecule has 3 aromatic rings. The number of esters is 1. The molecule has 2 amide bonds. The normalized spacial score (nSPS) is 10.2. The van der Waals surface area contributed by atoms with E-state index in [4.69, 9.17) is 4.52 Å². The monoisotopic (exact) mass is 379 g/mol. The van der Waals surface area contributed by atoms with Gasteiger partial charge in [-0.25, -0.2) is 4.79 Å². The third kappa shape index (κ3) is 4.42. The fourth-order valence-corrected chi connectivity index (χ4v) is 2.43. The average Bonchev–Trinajstić information content (AvgIpc) is 3.12. The van der Waals surface area contributed by atoms with Gasteiger partial charge in [-0.15, -0.1) is 0 Å². The Kier molecular flexibility index (Phi) is 5.50. The number of amides is 2. The number of hydrogen-bond acceptors (Lipinski definition) is 6. The number of ether oxygens (including phenoxy) is 1. The Morgan fingerprint density at radius 3 is 2.11 bits per heavy atom. The quantitative estimate of drug-likeness (QED) is 0.658. The fraction of sp³-hybridized carbons (Fsp3) is 0.100. The number of benzene rings is 2. The molecule has 142 valence electrons. The smallest absolute Gasteiger partial charge is 0.337 e. The van der Waals surface area contributed by atoms with Crippen molar-refractivity contribution in [2.24, 2.45) is 0 Å². The summed E-state index contributed by atoms with van der Waals surface area (Å²) in [6, 6.07) is 14.1. The number of rotatable bonds is 5. The number of methoxy groups -OCH3 is 1. The molecule has 0 saturated heterocycles. The molecule has 0 fully saturated rings. The minimum atomic E-state index is -0.492. The number of nitrogens with one attached hydrogen (secondary N) is 2. The van der Waals surface area contributed by atoms with Gasteiger partial charge in [0.25, 0.3) is 11.8 Å². The van der Waals surface area contributed by atoms with Crippen LogP contribution in [0, 0.1) is 6.92 Å². The van der Waals surface area contributed by atoms with Gasteiger partial charge in [0.1, 0.15) is 5.76 Å². The maximum atomic E-state index is 12.4. The first kappa shape index (κ1) is 18.8. The van der Waals surface area contributed by atoms with Crippen LogP contribution in [-0.4, -0.2) is 30.1 Å². The van der Waals surface area contributed by atoms with Crippen LogP contribution in [0.1, 0.15) is 36.8 Å². The summed E-state index contributed by atoms with van der Waals surface area (Å²) in [5, 5.41) is 9.00. The van der Waals surface area contributed by atoms with Gasteiger partial charge in [0.05, 0.1) is 12.7 Å². The fourth-order valence-electron chi connectivity index (χ4n) is 2.43. The molecule has 0 aliphatic carbocycles. The third-order valence-corrected chi connectivity index (χ3v) is 3.82. The zero-order valence-corrected chi connectivity index (χ0v) is 15.2. The molecule has 8 heteroatoms. The second kappa shape index (κ2) is 8.17. The Labute approximate surface area is 160 Å². The summed E-state index contributed by atoms with van der Waals surface area (Å²) in [6.45, 7) is 1.72. The number of carbonyl (C=O) groups is 3. The Morgan fingerprint density at radius 2 is 1.54 bits per heavy atom. The third-order valence-electron chi connectivity index (χ3n) is 3.82. The molecule has 3 rings (SSSR count). The van der Waals surface area contributed by atoms with Crippen molar-refractivity contribution in [3.63, 3.8) is 0 Å². The molecule has 2 N–H and O–H groups in total. The van der Waals surface area contributed by atoms with Crippen molar-refractivity contribution in [2.75, 3.05) is 17.7 Å². The van der Waals surface area contributed by atoms with Crippen molar-refractivity contribution >= 4 is 29.3 Å². The van der Waals surface area contributed by atoms with E-state index in [1.54, 1.807) is 31.2 Å². The van der Waals surface area contributed by atoms with E-state index in [1.165, 1.54) is 37.4 Å². The van der Waals surface area contributed by atoms with Crippen LogP contribution in [0.3, 0.4) is 0 Å². The Morgan fingerprint density at radius 1 is 0.893 bits per heavy atom. The molecule has 0 unspecified atom stereocenters. The molecule has 0 saturated carbocycles. The van der Waals surface area contributed by atoms with Crippen molar-refractivity contribution in [3.05, 3.63) is 77.0 Å². The number of nitrogens with zero attached hydrogens (tertiary/aromatic N) is 1. The van der Waals surface area contributed by atoms with E-state index < -0.39 is 5.97 Å². The lowest BCUT2D eigenvalue weighted by Crippen LogP contribution is -2.14. The second-order valence-corrected chi connectivity index (χ2v) is 5.88. The van der Waals surface area contributed by atoms with Gasteiger partial charge in [0.15, 0.2) is 5.82 Å². The lowest BCUT2D eigenvalue weighted by atomic mass is 10.1. The van der Waals surface area contributed by atoms with Gasteiger partial charge in [0.2, 0.25) is 0 Å². The predicted octanol–water partition coefficient (Wildman–Crippen LogP) is 3.27. The molecule has 0 bridgehead atoms. The molecule has 1 aromatic heterocycles. The molecular formula is C20H17N3O5. The number of hydrogen-bond donors (Lipinski definition) is 2. The van der Waals surface area contributed by atoms with Gasteiger partial charge in [0, 0.05) is 22.9 Å². The van der Waals surface area contributed by atoms with Gasteiger partial charge in [-0.1, -0.05) is 11.2 Å². The molecule has 0 aliphatic rings. The number of anilines is 2. The lowest BCUT2D eigenvalue weighted by Gasteiger charge is -2.07. The van der Waals surface area contributed by atoms with Gasteiger partial charge >= 0.3 is 5.97 Å². The van der Waals surface area contributed by atoms with Crippen LogP contribution in [0.15, 0.2) is 59.1 Å². The van der Waals surface area contributed by atoms with E-state index in [9.17, 15) is 14.4 Å². The first-order chi connectivity index (χ1) is 13.5. The average molecular weight is 379 g/mol. The highest BCUT2D eigenvalue weighted by atomic mass is 16.5. The van der Waals surface area contributed by atoms with Crippen molar-refractivity contribution in [1.82, 2.24) is 5.16 Å². The van der Waals surface area contributed by atoms with E-state index >= 15 is 0 Å². The van der Waals surface area contributed by atoms with Gasteiger partial charge in [-0.2, -0.15) is 0 Å². The van der Waals surface area contributed by atoms with Crippen LogP contribution in [0.25, 0.3) is 0 Å². The molecule has 0 atom stereocenters. The number of aryl methyl sites for hydroxylation is 1. The van der Waals surface area contributed by atoms with E-state index in [0.717, 1.165) is 0 Å². The van der Waals surface area contributed by atoms with Gasteiger partial charge in [-0.05, 0) is 49.4 Å². The van der Waals surface area contributed by atoms with Gasteiger partial charge < -0.3 is 19.9 Å². The Bertz CT molecular complexity index is 1020. The second-order valence-electron chi connectivity index (χ2n) is 5.88. The SMILES string of the molecule is COC(=O)c1cccc(NC(=O)c2ccc(C(=O)Nc3cc(C)on3)cc2)c1. The van der Waals surface area contributed by atoms with Crippen molar-refractivity contribution < 1.29 is 23.6 Å². The molecule has 0 aliphatic heterocycles. The summed E-state index contributed by atoms with van der Waals surface area (Å²) in [5.41, 5.74) is 1.51. The lowest BCUT2D eigenvalue weighted by molar-refractivity contribution is 0.0600. The maximum Gasteiger partial charge on any atom is 0.337 e. The van der Waals surface area contributed by atoms with E-state index in [0.29, 0.717) is 34.0 Å². The van der Waals surface area contributed by atoms with E-state index in [1.807, 2.05) is 0 Å². The van der Waals surface area contributed by atoms with Crippen LogP contribution in [0.5, 0.6) is 0 Å². The molecule has 0 spiro atoms. The zero-order valence-electron chi connectivity index (χ0n) is 15.2. The Hall–Kier alpha value is -3.94. The highest BCUT2D eigenvalue weighted by Crippen LogP contribution is 2.15.